The molecule has 72 valence electrons. The molecule has 0 amide bonds. The van der Waals surface area contributed by atoms with Crippen molar-refractivity contribution in [1.29, 1.82) is 0 Å². The summed E-state index contributed by atoms with van der Waals surface area (Å²) in [5.41, 5.74) is 4.18. The lowest BCUT2D eigenvalue weighted by Gasteiger charge is -2.05. The number of nitrogens with two attached hydrogens (primary N) is 1. The standard InChI is InChI=1S/C7H8O3S.H2NO/c1-6-2-4-7(5-3-6)11(8,9)10;1-2/h2-5H,1H3,(H,8,9,10);1H2/q;+1/p-1. The molecular formula is C7H9NO4S. The maximum absolute atomic E-state index is 10.4. The average molecular weight is 203 g/mol. The third kappa shape index (κ3) is 3.77. The van der Waals surface area contributed by atoms with Crippen LogP contribution in [0.15, 0.2) is 29.2 Å². The van der Waals surface area contributed by atoms with Crippen LogP contribution in [0.4, 0.5) is 0 Å². The van der Waals surface area contributed by atoms with Gasteiger partial charge in [0, 0.05) is 4.91 Å². The molecule has 0 heterocycles. The molecule has 1 aromatic rings. The Morgan fingerprint density at radius 1 is 1.15 bits per heavy atom. The van der Waals surface area contributed by atoms with Gasteiger partial charge in [-0.2, -0.15) is 0 Å². The van der Waals surface area contributed by atoms with Crippen LogP contribution >= 0.6 is 0 Å². The van der Waals surface area contributed by atoms with Crippen molar-refractivity contribution in [2.45, 2.75) is 11.8 Å². The van der Waals surface area contributed by atoms with Crippen LogP contribution in [0.25, 0.3) is 0 Å². The largest absolute Gasteiger partial charge is 0.744 e. The SMILES string of the molecule is Cc1ccc(S(=O)(=O)[O-])cc1.[NH2+]=O. The Hall–Kier alpha value is -1.27. The Bertz CT molecular complexity index is 357. The van der Waals surface area contributed by atoms with Crippen LogP contribution in [0, 0.1) is 11.8 Å². The van der Waals surface area contributed by atoms with Crippen molar-refractivity contribution >= 4 is 10.1 Å². The van der Waals surface area contributed by atoms with Gasteiger partial charge in [-0.05, 0) is 24.7 Å². The molecular weight excluding hydrogens is 194 g/mol. The fraction of sp³-hybridized carbons (Fsp3) is 0.143. The summed E-state index contributed by atoms with van der Waals surface area (Å²) in [6.07, 6.45) is 0. The molecule has 0 aromatic heterocycles. The van der Waals surface area contributed by atoms with Gasteiger partial charge >= 0.3 is 0 Å². The van der Waals surface area contributed by atoms with Crippen LogP contribution in [0.1, 0.15) is 5.56 Å². The second kappa shape index (κ2) is 4.68. The Morgan fingerprint density at radius 2 is 1.54 bits per heavy atom. The number of aryl methyl sites for hydroxylation is 1. The molecule has 0 aliphatic heterocycles. The van der Waals surface area contributed by atoms with Crippen molar-refractivity contribution in [3.8, 4) is 0 Å². The molecule has 0 saturated carbocycles. The third-order valence-electron chi connectivity index (χ3n) is 1.31. The van der Waals surface area contributed by atoms with Gasteiger partial charge in [-0.1, -0.05) is 17.7 Å². The van der Waals surface area contributed by atoms with Crippen LogP contribution in [0.2, 0.25) is 0 Å². The van der Waals surface area contributed by atoms with E-state index >= 15 is 0 Å². The van der Waals surface area contributed by atoms with Gasteiger partial charge in [0.2, 0.25) is 0 Å². The van der Waals surface area contributed by atoms with Crippen LogP contribution < -0.4 is 5.59 Å². The van der Waals surface area contributed by atoms with E-state index in [1.807, 2.05) is 6.92 Å². The van der Waals surface area contributed by atoms with Crippen molar-refractivity contribution < 1.29 is 18.6 Å². The number of nitroso groups, excluding NO2 is 1. The summed E-state index contributed by atoms with van der Waals surface area (Å²) >= 11 is 0. The summed E-state index contributed by atoms with van der Waals surface area (Å²) < 4.78 is 31.2. The fourth-order valence-electron chi connectivity index (χ4n) is 0.705. The number of benzene rings is 1. The highest BCUT2D eigenvalue weighted by Crippen LogP contribution is 2.08. The quantitative estimate of drug-likeness (QED) is 0.616. The first kappa shape index (κ1) is 11.7. The normalized spacial score (nSPS) is 10.0. The Balaban J connectivity index is 0.000000671. The zero-order valence-electron chi connectivity index (χ0n) is 6.93. The Labute approximate surface area is 75.9 Å². The number of hydrogen-bond donors (Lipinski definition) is 1. The van der Waals surface area contributed by atoms with Crippen LogP contribution in [0.3, 0.4) is 0 Å². The van der Waals surface area contributed by atoms with Crippen LogP contribution in [0.5, 0.6) is 0 Å². The minimum Gasteiger partial charge on any atom is -0.744 e. The first-order valence-corrected chi connectivity index (χ1v) is 4.67. The van der Waals surface area contributed by atoms with Crippen molar-refractivity contribution in [1.82, 2.24) is 0 Å². The molecule has 0 unspecified atom stereocenters. The first-order chi connectivity index (χ1) is 6.00. The molecule has 0 aliphatic carbocycles. The van der Waals surface area contributed by atoms with Crippen molar-refractivity contribution in [2.24, 2.45) is 0 Å². The number of hydrogen-bond acceptors (Lipinski definition) is 4. The minimum absolute atomic E-state index is 0.178. The lowest BCUT2D eigenvalue weighted by Crippen LogP contribution is -2.18. The summed E-state index contributed by atoms with van der Waals surface area (Å²) in [6.45, 7) is 1.82. The van der Waals surface area contributed by atoms with Crippen LogP contribution in [-0.2, 0) is 10.1 Å². The first-order valence-electron chi connectivity index (χ1n) is 3.26. The van der Waals surface area contributed by atoms with Gasteiger partial charge in [-0.25, -0.2) is 8.42 Å². The highest BCUT2D eigenvalue weighted by atomic mass is 32.2. The predicted molar refractivity (Wildman–Crippen MR) is 44.4 cm³/mol. The molecule has 0 aliphatic rings. The molecule has 1 aromatic carbocycles. The molecule has 0 fully saturated rings. The van der Waals surface area contributed by atoms with Crippen molar-refractivity contribution in [2.75, 3.05) is 0 Å². The predicted octanol–water partition coefficient (Wildman–Crippen LogP) is -0.589. The topological polar surface area (TPSA) is 99.9 Å². The van der Waals surface area contributed by atoms with Gasteiger partial charge in [0.1, 0.15) is 10.1 Å². The van der Waals surface area contributed by atoms with Gasteiger partial charge in [-0.3, -0.25) is 0 Å². The summed E-state index contributed by atoms with van der Waals surface area (Å²) in [7, 11) is -4.27. The van der Waals surface area contributed by atoms with E-state index in [2.05, 4.69) is 5.59 Å². The molecule has 1 rings (SSSR count). The third-order valence-corrected chi connectivity index (χ3v) is 2.16. The van der Waals surface area contributed by atoms with E-state index in [4.69, 9.17) is 4.91 Å². The van der Waals surface area contributed by atoms with E-state index in [1.165, 1.54) is 12.1 Å². The molecule has 0 spiro atoms. The average Bonchev–Trinajstić information content (AvgIpc) is 2.07. The number of rotatable bonds is 1. The van der Waals surface area contributed by atoms with Gasteiger partial charge in [-0.15, -0.1) is 0 Å². The maximum Gasteiger partial charge on any atom is 0.124 e. The molecule has 6 heteroatoms. The maximum atomic E-state index is 10.4. The van der Waals surface area contributed by atoms with Crippen molar-refractivity contribution in [3.63, 3.8) is 0 Å². The molecule has 5 nitrogen and oxygen atoms in total. The Kier molecular flexibility index (Phi) is 4.22. The molecule has 0 radical (unpaired) electrons. The molecule has 13 heavy (non-hydrogen) atoms. The lowest BCUT2D eigenvalue weighted by molar-refractivity contribution is -0.142. The van der Waals surface area contributed by atoms with E-state index in [-0.39, 0.29) is 4.90 Å². The summed E-state index contributed by atoms with van der Waals surface area (Å²) in [5, 5.41) is 0. The second-order valence-electron chi connectivity index (χ2n) is 2.27. The summed E-state index contributed by atoms with van der Waals surface area (Å²) in [6, 6.07) is 5.78. The van der Waals surface area contributed by atoms with E-state index in [1.54, 1.807) is 12.1 Å². The Morgan fingerprint density at radius 3 is 1.85 bits per heavy atom. The smallest absolute Gasteiger partial charge is 0.124 e. The van der Waals surface area contributed by atoms with Crippen LogP contribution in [-0.4, -0.2) is 13.0 Å². The highest BCUT2D eigenvalue weighted by molar-refractivity contribution is 7.85. The summed E-state index contributed by atoms with van der Waals surface area (Å²) in [5.74, 6) is 0. The molecule has 0 bridgehead atoms. The fourth-order valence-corrected chi connectivity index (χ4v) is 1.17. The molecule has 0 saturated heterocycles. The van der Waals surface area contributed by atoms with Gasteiger partial charge < -0.3 is 4.55 Å². The molecule has 0 atom stereocenters. The van der Waals surface area contributed by atoms with E-state index in [9.17, 15) is 13.0 Å². The minimum atomic E-state index is -4.27. The van der Waals surface area contributed by atoms with Gasteiger partial charge in [0.25, 0.3) is 0 Å². The second-order valence-corrected chi connectivity index (χ2v) is 3.65. The van der Waals surface area contributed by atoms with E-state index in [0.29, 0.717) is 0 Å². The van der Waals surface area contributed by atoms with E-state index in [0.717, 1.165) is 5.56 Å². The molecule has 2 N–H and O–H groups in total. The highest BCUT2D eigenvalue weighted by Gasteiger charge is 1.97. The van der Waals surface area contributed by atoms with E-state index < -0.39 is 10.1 Å². The summed E-state index contributed by atoms with van der Waals surface area (Å²) in [4.78, 5) is 7.57. The zero-order valence-corrected chi connectivity index (χ0v) is 7.74. The van der Waals surface area contributed by atoms with Gasteiger partial charge in [0.05, 0.1) is 4.90 Å². The monoisotopic (exact) mass is 203 g/mol. The lowest BCUT2D eigenvalue weighted by atomic mass is 10.2. The zero-order chi connectivity index (χ0) is 10.5. The van der Waals surface area contributed by atoms with Gasteiger partial charge in [0.15, 0.2) is 0 Å². The van der Waals surface area contributed by atoms with Crippen molar-refractivity contribution in [3.05, 3.63) is 34.7 Å².